The highest BCUT2D eigenvalue weighted by molar-refractivity contribution is 5.62. The van der Waals surface area contributed by atoms with Crippen molar-refractivity contribution in [2.24, 2.45) is 0 Å². The Bertz CT molecular complexity index is 1200. The molecule has 3 aromatic carbocycles. The fourth-order valence-electron chi connectivity index (χ4n) is 3.54. The zero-order valence-corrected chi connectivity index (χ0v) is 18.3. The van der Waals surface area contributed by atoms with E-state index in [1.165, 1.54) is 11.1 Å². The number of aryl methyl sites for hydroxylation is 1. The summed E-state index contributed by atoms with van der Waals surface area (Å²) in [4.78, 5) is 4.45. The SMILES string of the molecule is C#Cc1ccc(CN(C)c2cc(C)cc(N(C)Cc3ccc(C#C)cc3C#C)c2)cc1. The first-order chi connectivity index (χ1) is 14.9. The molecule has 0 amide bonds. The van der Waals surface area contributed by atoms with Crippen LogP contribution >= 0.6 is 0 Å². The molecule has 152 valence electrons. The maximum Gasteiger partial charge on any atom is 0.0438 e. The van der Waals surface area contributed by atoms with E-state index in [0.717, 1.165) is 40.2 Å². The van der Waals surface area contributed by atoms with Crippen molar-refractivity contribution in [2.45, 2.75) is 20.0 Å². The standard InChI is InChI=1S/C29H26N2/c1-7-23-10-12-25(13-11-23)20-30(5)28-16-22(4)17-29(19-28)31(6)21-27-15-14-24(8-2)18-26(27)9-3/h1-3,10-19H,20-21H2,4-6H3. The molecular formula is C29H26N2. The Morgan fingerprint density at radius 3 is 1.84 bits per heavy atom. The normalized spacial score (nSPS) is 9.94. The van der Waals surface area contributed by atoms with E-state index >= 15 is 0 Å². The van der Waals surface area contributed by atoms with Gasteiger partial charge in [-0.25, -0.2) is 0 Å². The van der Waals surface area contributed by atoms with Gasteiger partial charge in [-0.1, -0.05) is 36.0 Å². The number of anilines is 2. The number of benzene rings is 3. The first-order valence-electron chi connectivity index (χ1n) is 10.1. The van der Waals surface area contributed by atoms with Gasteiger partial charge in [-0.15, -0.1) is 19.3 Å². The zero-order chi connectivity index (χ0) is 22.4. The van der Waals surface area contributed by atoms with Crippen LogP contribution in [0.25, 0.3) is 0 Å². The van der Waals surface area contributed by atoms with Crippen LogP contribution in [0.1, 0.15) is 33.4 Å². The monoisotopic (exact) mass is 402 g/mol. The number of terminal acetylenes is 3. The molecule has 0 N–H and O–H groups in total. The summed E-state index contributed by atoms with van der Waals surface area (Å²) in [5, 5.41) is 0. The van der Waals surface area contributed by atoms with Crippen molar-refractivity contribution < 1.29 is 0 Å². The molecule has 31 heavy (non-hydrogen) atoms. The number of hydrogen-bond acceptors (Lipinski definition) is 2. The molecule has 0 heterocycles. The van der Waals surface area contributed by atoms with Crippen molar-refractivity contribution in [3.8, 4) is 37.0 Å². The summed E-state index contributed by atoms with van der Waals surface area (Å²) in [6.07, 6.45) is 16.7. The number of hydrogen-bond donors (Lipinski definition) is 0. The summed E-state index contributed by atoms with van der Waals surface area (Å²) in [6.45, 7) is 3.61. The van der Waals surface area contributed by atoms with Gasteiger partial charge in [-0.2, -0.15) is 0 Å². The molecule has 0 aliphatic rings. The lowest BCUT2D eigenvalue weighted by molar-refractivity contribution is 0.903. The summed E-state index contributed by atoms with van der Waals surface area (Å²) < 4.78 is 0. The van der Waals surface area contributed by atoms with Gasteiger partial charge in [0.05, 0.1) is 0 Å². The Morgan fingerprint density at radius 2 is 1.26 bits per heavy atom. The van der Waals surface area contributed by atoms with Gasteiger partial charge in [0.2, 0.25) is 0 Å². The molecule has 0 aliphatic heterocycles. The molecule has 0 fully saturated rings. The van der Waals surface area contributed by atoms with Gasteiger partial charge in [0.15, 0.2) is 0 Å². The average Bonchev–Trinajstić information content (AvgIpc) is 2.79. The van der Waals surface area contributed by atoms with Crippen LogP contribution in [-0.2, 0) is 13.1 Å². The lowest BCUT2D eigenvalue weighted by Gasteiger charge is -2.25. The second kappa shape index (κ2) is 9.63. The van der Waals surface area contributed by atoms with Gasteiger partial charge in [0, 0.05) is 55.2 Å². The van der Waals surface area contributed by atoms with E-state index in [9.17, 15) is 0 Å². The quantitative estimate of drug-likeness (QED) is 0.522. The molecule has 3 rings (SSSR count). The largest absolute Gasteiger partial charge is 0.370 e. The number of rotatable bonds is 6. The molecule has 2 heteroatoms. The van der Waals surface area contributed by atoms with Gasteiger partial charge in [-0.3, -0.25) is 0 Å². The van der Waals surface area contributed by atoms with Gasteiger partial charge in [0.25, 0.3) is 0 Å². The zero-order valence-electron chi connectivity index (χ0n) is 18.3. The Labute approximate surface area is 186 Å². The highest BCUT2D eigenvalue weighted by Gasteiger charge is 2.10. The minimum absolute atomic E-state index is 0.699. The molecule has 0 bridgehead atoms. The smallest absolute Gasteiger partial charge is 0.0438 e. The van der Waals surface area contributed by atoms with Crippen LogP contribution in [-0.4, -0.2) is 14.1 Å². The van der Waals surface area contributed by atoms with Crippen molar-refractivity contribution in [2.75, 3.05) is 23.9 Å². The third-order valence-electron chi connectivity index (χ3n) is 5.31. The Balaban J connectivity index is 1.81. The Hall–Kier alpha value is -4.06. The van der Waals surface area contributed by atoms with E-state index in [4.69, 9.17) is 19.3 Å². The topological polar surface area (TPSA) is 6.48 Å². The third-order valence-corrected chi connectivity index (χ3v) is 5.31. The van der Waals surface area contributed by atoms with Crippen LogP contribution in [0.15, 0.2) is 60.7 Å². The second-order valence-electron chi connectivity index (χ2n) is 7.74. The van der Waals surface area contributed by atoms with Crippen LogP contribution in [0.4, 0.5) is 11.4 Å². The molecule has 2 nitrogen and oxygen atoms in total. The number of nitrogens with zero attached hydrogens (tertiary/aromatic N) is 2. The second-order valence-corrected chi connectivity index (χ2v) is 7.74. The highest BCUT2D eigenvalue weighted by Crippen LogP contribution is 2.26. The van der Waals surface area contributed by atoms with Crippen molar-refractivity contribution in [3.05, 3.63) is 94.0 Å². The fourth-order valence-corrected chi connectivity index (χ4v) is 3.54. The lowest BCUT2D eigenvalue weighted by Crippen LogP contribution is -2.20. The molecule has 0 unspecified atom stereocenters. The molecule has 0 saturated carbocycles. The first kappa shape index (κ1) is 21.6. The molecular weight excluding hydrogens is 376 g/mol. The summed E-state index contributed by atoms with van der Waals surface area (Å²) in [5.74, 6) is 8.06. The van der Waals surface area contributed by atoms with Gasteiger partial charge < -0.3 is 9.80 Å². The lowest BCUT2D eigenvalue weighted by atomic mass is 10.0. The predicted molar refractivity (Wildman–Crippen MR) is 132 cm³/mol. The van der Waals surface area contributed by atoms with Gasteiger partial charge in [-0.05, 0) is 66.1 Å². The fraction of sp³-hybridized carbons (Fsp3) is 0.172. The van der Waals surface area contributed by atoms with E-state index < -0.39 is 0 Å². The maximum atomic E-state index is 5.71. The van der Waals surface area contributed by atoms with Crippen molar-refractivity contribution in [1.29, 1.82) is 0 Å². The van der Waals surface area contributed by atoms with E-state index in [0.29, 0.717) is 6.54 Å². The molecule has 0 radical (unpaired) electrons. The van der Waals surface area contributed by atoms with Crippen LogP contribution in [0.5, 0.6) is 0 Å². The minimum atomic E-state index is 0.699. The van der Waals surface area contributed by atoms with Crippen LogP contribution in [0.2, 0.25) is 0 Å². The molecule has 0 aliphatic carbocycles. The van der Waals surface area contributed by atoms with Crippen molar-refractivity contribution in [1.82, 2.24) is 0 Å². The maximum absolute atomic E-state index is 5.71. The summed E-state index contributed by atoms with van der Waals surface area (Å²) in [6, 6.07) is 20.5. The molecule has 0 aromatic heterocycles. The predicted octanol–water partition coefficient (Wildman–Crippen LogP) is 5.21. The van der Waals surface area contributed by atoms with Crippen LogP contribution < -0.4 is 9.80 Å². The van der Waals surface area contributed by atoms with Crippen molar-refractivity contribution >= 4 is 11.4 Å². The van der Waals surface area contributed by atoms with Gasteiger partial charge in [0.1, 0.15) is 0 Å². The molecule has 0 saturated heterocycles. The molecule has 0 spiro atoms. The molecule has 0 atom stereocenters. The first-order valence-corrected chi connectivity index (χ1v) is 10.1. The summed E-state index contributed by atoms with van der Waals surface area (Å²) in [7, 11) is 4.18. The van der Waals surface area contributed by atoms with Crippen LogP contribution in [0, 0.1) is 44.0 Å². The average molecular weight is 403 g/mol. The third kappa shape index (κ3) is 5.30. The Kier molecular flexibility index (Phi) is 6.72. The van der Waals surface area contributed by atoms with Gasteiger partial charge >= 0.3 is 0 Å². The molecule has 3 aromatic rings. The van der Waals surface area contributed by atoms with E-state index in [2.05, 4.69) is 78.9 Å². The highest BCUT2D eigenvalue weighted by atomic mass is 15.1. The van der Waals surface area contributed by atoms with Crippen LogP contribution in [0.3, 0.4) is 0 Å². The van der Waals surface area contributed by atoms with E-state index in [-0.39, 0.29) is 0 Å². The Morgan fingerprint density at radius 1 is 0.677 bits per heavy atom. The summed E-state index contributed by atoms with van der Waals surface area (Å²) >= 11 is 0. The minimum Gasteiger partial charge on any atom is -0.370 e. The van der Waals surface area contributed by atoms with E-state index in [1.807, 2.05) is 30.3 Å². The van der Waals surface area contributed by atoms with E-state index in [1.54, 1.807) is 0 Å². The van der Waals surface area contributed by atoms with Crippen molar-refractivity contribution in [3.63, 3.8) is 0 Å². The summed E-state index contributed by atoms with van der Waals surface area (Å²) in [5.41, 5.74) is 8.31.